The molecule has 3 nitrogen and oxygen atoms in total. The lowest BCUT2D eigenvalue weighted by Gasteiger charge is -1.95. The zero-order chi connectivity index (χ0) is 6.81. The third kappa shape index (κ3) is 1.52. The molecule has 0 atom stereocenters. The first-order valence-corrected chi connectivity index (χ1v) is 4.22. The van der Waals surface area contributed by atoms with Crippen LogP contribution >= 0.6 is 11.5 Å². The van der Waals surface area contributed by atoms with Crippen molar-refractivity contribution >= 4 is 11.5 Å². The summed E-state index contributed by atoms with van der Waals surface area (Å²) in [6, 6.07) is 0.780. The molecule has 1 fully saturated rings. The maximum Gasteiger partial charge on any atom is 0.0666 e. The smallest absolute Gasteiger partial charge is 0.0666 e. The van der Waals surface area contributed by atoms with E-state index in [4.69, 9.17) is 0 Å². The van der Waals surface area contributed by atoms with E-state index in [1.54, 1.807) is 0 Å². The summed E-state index contributed by atoms with van der Waals surface area (Å²) in [4.78, 5) is 1.23. The number of nitrogens with zero attached hydrogens (tertiary/aromatic N) is 2. The van der Waals surface area contributed by atoms with Gasteiger partial charge in [-0.05, 0) is 24.4 Å². The molecule has 1 aromatic heterocycles. The van der Waals surface area contributed by atoms with Crippen LogP contribution in [0, 0.1) is 0 Å². The third-order valence-electron chi connectivity index (χ3n) is 1.55. The molecule has 10 heavy (non-hydrogen) atoms. The van der Waals surface area contributed by atoms with Crippen LogP contribution in [0.4, 0.5) is 0 Å². The Bertz CT molecular complexity index is 193. The molecule has 1 heterocycles. The summed E-state index contributed by atoms with van der Waals surface area (Å²) in [5.41, 5.74) is 0. The highest BCUT2D eigenvalue weighted by molar-refractivity contribution is 7.05. The van der Waals surface area contributed by atoms with Gasteiger partial charge in [-0.2, -0.15) is 0 Å². The number of aromatic nitrogens is 2. The molecule has 0 saturated heterocycles. The standard InChI is InChI=1S/C6H9N3S/c1-2-5(1)7-3-6-4-8-9-10-6/h4-5,7H,1-3H2. The van der Waals surface area contributed by atoms with Gasteiger partial charge in [0.25, 0.3) is 0 Å². The average molecular weight is 155 g/mol. The van der Waals surface area contributed by atoms with Crippen molar-refractivity contribution < 1.29 is 0 Å². The first-order chi connectivity index (χ1) is 4.95. The van der Waals surface area contributed by atoms with Crippen LogP contribution < -0.4 is 5.32 Å². The van der Waals surface area contributed by atoms with Gasteiger partial charge in [-0.3, -0.25) is 0 Å². The summed E-state index contributed by atoms with van der Waals surface area (Å²) in [5.74, 6) is 0. The van der Waals surface area contributed by atoms with Crippen molar-refractivity contribution in [1.82, 2.24) is 14.9 Å². The Hall–Kier alpha value is -0.480. The van der Waals surface area contributed by atoms with Crippen molar-refractivity contribution in [2.75, 3.05) is 0 Å². The Morgan fingerprint density at radius 2 is 2.60 bits per heavy atom. The molecule has 0 amide bonds. The van der Waals surface area contributed by atoms with E-state index in [1.807, 2.05) is 6.20 Å². The van der Waals surface area contributed by atoms with Gasteiger partial charge < -0.3 is 5.32 Å². The van der Waals surface area contributed by atoms with Gasteiger partial charge in [0, 0.05) is 12.6 Å². The summed E-state index contributed by atoms with van der Waals surface area (Å²) < 4.78 is 3.77. The predicted molar refractivity (Wildman–Crippen MR) is 39.8 cm³/mol. The van der Waals surface area contributed by atoms with Crippen molar-refractivity contribution in [3.8, 4) is 0 Å². The number of hydrogen-bond acceptors (Lipinski definition) is 4. The SMILES string of the molecule is c1nnsc1CNC1CC1. The minimum Gasteiger partial charge on any atom is -0.309 e. The summed E-state index contributed by atoms with van der Waals surface area (Å²) >= 11 is 1.47. The van der Waals surface area contributed by atoms with Gasteiger partial charge in [-0.25, -0.2) is 0 Å². The molecule has 0 unspecified atom stereocenters. The van der Waals surface area contributed by atoms with E-state index < -0.39 is 0 Å². The fourth-order valence-corrected chi connectivity index (χ4v) is 1.24. The Morgan fingerprint density at radius 3 is 3.20 bits per heavy atom. The summed E-state index contributed by atoms with van der Waals surface area (Å²) in [5, 5.41) is 7.14. The van der Waals surface area contributed by atoms with Crippen molar-refractivity contribution in [3.05, 3.63) is 11.1 Å². The minimum atomic E-state index is 0.780. The van der Waals surface area contributed by atoms with E-state index in [-0.39, 0.29) is 0 Å². The van der Waals surface area contributed by atoms with Crippen LogP contribution in [0.25, 0.3) is 0 Å². The second-order valence-corrected chi connectivity index (χ2v) is 3.41. The Balaban J connectivity index is 1.79. The van der Waals surface area contributed by atoms with Crippen LogP contribution in [0.1, 0.15) is 17.7 Å². The molecular weight excluding hydrogens is 146 g/mol. The van der Waals surface area contributed by atoms with Crippen molar-refractivity contribution in [3.63, 3.8) is 0 Å². The number of nitrogens with one attached hydrogen (secondary N) is 1. The molecular formula is C6H9N3S. The zero-order valence-electron chi connectivity index (χ0n) is 5.58. The maximum absolute atomic E-state index is 3.77. The topological polar surface area (TPSA) is 37.8 Å². The lowest BCUT2D eigenvalue weighted by Crippen LogP contribution is -2.14. The average Bonchev–Trinajstić information content (AvgIpc) is 2.63. The van der Waals surface area contributed by atoms with Crippen molar-refractivity contribution in [2.45, 2.75) is 25.4 Å². The molecule has 0 radical (unpaired) electrons. The Labute approximate surface area is 63.6 Å². The van der Waals surface area contributed by atoms with Crippen LogP contribution in [0.3, 0.4) is 0 Å². The van der Waals surface area contributed by atoms with Gasteiger partial charge in [0.1, 0.15) is 0 Å². The molecule has 0 spiro atoms. The second-order valence-electron chi connectivity index (χ2n) is 2.54. The van der Waals surface area contributed by atoms with Crippen LogP contribution in [0.15, 0.2) is 6.20 Å². The quantitative estimate of drug-likeness (QED) is 0.701. The first-order valence-electron chi connectivity index (χ1n) is 3.45. The van der Waals surface area contributed by atoms with Gasteiger partial charge in [0.15, 0.2) is 0 Å². The fraction of sp³-hybridized carbons (Fsp3) is 0.667. The Morgan fingerprint density at radius 1 is 1.70 bits per heavy atom. The van der Waals surface area contributed by atoms with Crippen LogP contribution in [-0.4, -0.2) is 15.6 Å². The fourth-order valence-electron chi connectivity index (χ4n) is 0.798. The van der Waals surface area contributed by atoms with Gasteiger partial charge in [-0.1, -0.05) is 4.49 Å². The van der Waals surface area contributed by atoms with E-state index in [2.05, 4.69) is 14.9 Å². The molecule has 0 aromatic carbocycles. The predicted octanol–water partition coefficient (Wildman–Crippen LogP) is 0.790. The number of rotatable bonds is 3. The normalized spacial score (nSPS) is 17.6. The first kappa shape index (κ1) is 6.24. The maximum atomic E-state index is 3.77. The highest BCUT2D eigenvalue weighted by Gasteiger charge is 2.20. The summed E-state index contributed by atoms with van der Waals surface area (Å²) in [6.07, 6.45) is 4.50. The van der Waals surface area contributed by atoms with Crippen molar-refractivity contribution in [2.24, 2.45) is 0 Å². The highest BCUT2D eigenvalue weighted by atomic mass is 32.1. The molecule has 2 rings (SSSR count). The molecule has 1 aliphatic rings. The van der Waals surface area contributed by atoms with Gasteiger partial charge in [-0.15, -0.1) is 5.10 Å². The molecule has 0 aliphatic heterocycles. The third-order valence-corrected chi connectivity index (χ3v) is 2.21. The molecule has 1 aliphatic carbocycles. The van der Waals surface area contributed by atoms with E-state index in [9.17, 15) is 0 Å². The molecule has 4 heteroatoms. The number of hydrogen-bond donors (Lipinski definition) is 1. The lowest BCUT2D eigenvalue weighted by molar-refractivity contribution is 0.694. The van der Waals surface area contributed by atoms with E-state index in [0.29, 0.717) is 0 Å². The highest BCUT2D eigenvalue weighted by Crippen LogP contribution is 2.19. The van der Waals surface area contributed by atoms with Gasteiger partial charge >= 0.3 is 0 Å². The minimum absolute atomic E-state index is 0.780. The van der Waals surface area contributed by atoms with E-state index >= 15 is 0 Å². The van der Waals surface area contributed by atoms with E-state index in [0.717, 1.165) is 12.6 Å². The monoisotopic (exact) mass is 155 g/mol. The van der Waals surface area contributed by atoms with Crippen LogP contribution in [-0.2, 0) is 6.54 Å². The zero-order valence-corrected chi connectivity index (χ0v) is 6.40. The van der Waals surface area contributed by atoms with Crippen LogP contribution in [0.5, 0.6) is 0 Å². The summed E-state index contributed by atoms with van der Waals surface area (Å²) in [6.45, 7) is 0.947. The lowest BCUT2D eigenvalue weighted by atomic mass is 10.5. The van der Waals surface area contributed by atoms with Gasteiger partial charge in [0.2, 0.25) is 0 Å². The molecule has 1 aromatic rings. The van der Waals surface area contributed by atoms with E-state index in [1.165, 1.54) is 29.3 Å². The summed E-state index contributed by atoms with van der Waals surface area (Å²) in [7, 11) is 0. The van der Waals surface area contributed by atoms with Gasteiger partial charge in [0.05, 0.1) is 11.1 Å². The Kier molecular flexibility index (Phi) is 1.65. The molecule has 54 valence electrons. The largest absolute Gasteiger partial charge is 0.309 e. The second kappa shape index (κ2) is 2.64. The van der Waals surface area contributed by atoms with Crippen molar-refractivity contribution in [1.29, 1.82) is 0 Å². The molecule has 0 bridgehead atoms. The van der Waals surface area contributed by atoms with Crippen LogP contribution in [0.2, 0.25) is 0 Å². The molecule has 1 saturated carbocycles. The molecule has 1 N–H and O–H groups in total.